The lowest BCUT2D eigenvalue weighted by atomic mass is 10.0. The maximum Gasteiger partial charge on any atom is 0.344 e. The van der Waals surface area contributed by atoms with Crippen LogP contribution < -0.4 is 15.1 Å². The lowest BCUT2D eigenvalue weighted by Gasteiger charge is -2.09. The molecule has 176 valence electrons. The first-order chi connectivity index (χ1) is 15.9. The molecular formula is C26H31NO6. The van der Waals surface area contributed by atoms with Crippen LogP contribution in [0.4, 0.5) is 0 Å². The molecule has 0 spiro atoms. The van der Waals surface area contributed by atoms with Crippen molar-refractivity contribution in [1.82, 2.24) is 4.98 Å². The van der Waals surface area contributed by atoms with Crippen LogP contribution in [0.2, 0.25) is 0 Å². The number of carbonyl (C=O) groups is 1. The molecule has 0 atom stereocenters. The van der Waals surface area contributed by atoms with Gasteiger partial charge >= 0.3 is 11.6 Å². The van der Waals surface area contributed by atoms with Crippen LogP contribution in [-0.4, -0.2) is 31.3 Å². The minimum absolute atomic E-state index is 0.0876. The van der Waals surface area contributed by atoms with Crippen LogP contribution in [0.3, 0.4) is 0 Å². The molecule has 33 heavy (non-hydrogen) atoms. The Labute approximate surface area is 193 Å². The van der Waals surface area contributed by atoms with E-state index in [4.69, 9.17) is 18.6 Å². The van der Waals surface area contributed by atoms with Crippen molar-refractivity contribution in [2.24, 2.45) is 5.92 Å². The molecule has 0 aliphatic rings. The van der Waals surface area contributed by atoms with E-state index >= 15 is 0 Å². The highest BCUT2D eigenvalue weighted by molar-refractivity contribution is 5.82. The summed E-state index contributed by atoms with van der Waals surface area (Å²) in [7, 11) is 1.61. The summed E-state index contributed by atoms with van der Waals surface area (Å²) in [5.74, 6) is 0.915. The van der Waals surface area contributed by atoms with Crippen LogP contribution in [0.1, 0.15) is 45.1 Å². The summed E-state index contributed by atoms with van der Waals surface area (Å²) >= 11 is 0. The second kappa shape index (κ2) is 11.5. The number of benzene rings is 1. The Morgan fingerprint density at radius 2 is 1.79 bits per heavy atom. The minimum Gasteiger partial charge on any atom is -0.497 e. The monoisotopic (exact) mass is 453 g/mol. The van der Waals surface area contributed by atoms with Crippen LogP contribution >= 0.6 is 0 Å². The molecule has 7 nitrogen and oxygen atoms in total. The van der Waals surface area contributed by atoms with E-state index in [9.17, 15) is 9.59 Å². The summed E-state index contributed by atoms with van der Waals surface area (Å²) in [4.78, 5) is 28.4. The quantitative estimate of drug-likeness (QED) is 0.287. The lowest BCUT2D eigenvalue weighted by Crippen LogP contribution is -2.12. The van der Waals surface area contributed by atoms with Crippen molar-refractivity contribution < 1.29 is 23.4 Å². The van der Waals surface area contributed by atoms with E-state index < -0.39 is 5.63 Å². The zero-order valence-electron chi connectivity index (χ0n) is 19.7. The van der Waals surface area contributed by atoms with Crippen molar-refractivity contribution in [3.63, 3.8) is 0 Å². The molecule has 1 aromatic carbocycles. The van der Waals surface area contributed by atoms with Gasteiger partial charge in [0.25, 0.3) is 0 Å². The van der Waals surface area contributed by atoms with Crippen LogP contribution in [-0.2, 0) is 9.53 Å². The van der Waals surface area contributed by atoms with Crippen molar-refractivity contribution in [2.75, 3.05) is 20.3 Å². The average molecular weight is 454 g/mol. The Bertz CT molecular complexity index is 1150. The maximum absolute atomic E-state index is 12.6. The largest absolute Gasteiger partial charge is 0.497 e. The number of methoxy groups -OCH3 is 1. The standard InChI is InChI=1S/C26H31NO6/c1-17(2)25(28)32-12-8-6-5-7-11-31-24-15-23-19(16-27-24)14-22(26(29)33-23)21-10-9-20(30-4)13-18(21)3/h9-10,13-17H,5-8,11-12H2,1-4H3. The molecule has 0 aliphatic carbocycles. The zero-order valence-corrected chi connectivity index (χ0v) is 19.7. The minimum atomic E-state index is -0.411. The predicted molar refractivity (Wildman–Crippen MR) is 127 cm³/mol. The maximum atomic E-state index is 12.6. The number of aromatic nitrogens is 1. The Hall–Kier alpha value is -3.35. The fourth-order valence-electron chi connectivity index (χ4n) is 3.40. The Balaban J connectivity index is 1.54. The second-order valence-electron chi connectivity index (χ2n) is 8.27. The molecule has 2 heterocycles. The van der Waals surface area contributed by atoms with Crippen LogP contribution in [0.25, 0.3) is 22.1 Å². The van der Waals surface area contributed by atoms with Gasteiger partial charge in [-0.3, -0.25) is 4.79 Å². The first-order valence-corrected chi connectivity index (χ1v) is 11.3. The van der Waals surface area contributed by atoms with E-state index in [2.05, 4.69) is 4.98 Å². The zero-order chi connectivity index (χ0) is 23.8. The highest BCUT2D eigenvalue weighted by atomic mass is 16.5. The number of nitrogens with zero attached hydrogens (tertiary/aromatic N) is 1. The number of aryl methyl sites for hydroxylation is 1. The van der Waals surface area contributed by atoms with Crippen LogP contribution in [0.15, 0.2) is 45.7 Å². The normalized spacial score (nSPS) is 11.1. The average Bonchev–Trinajstić information content (AvgIpc) is 2.80. The van der Waals surface area contributed by atoms with Gasteiger partial charge < -0.3 is 18.6 Å². The number of unbranched alkanes of at least 4 members (excludes halogenated alkanes) is 3. The molecule has 0 amide bonds. The molecule has 0 radical (unpaired) electrons. The summed E-state index contributed by atoms with van der Waals surface area (Å²) in [5.41, 5.74) is 2.23. The number of hydrogen-bond acceptors (Lipinski definition) is 7. The fourth-order valence-corrected chi connectivity index (χ4v) is 3.40. The number of fused-ring (bicyclic) bond motifs is 1. The van der Waals surface area contributed by atoms with Gasteiger partial charge in [0.1, 0.15) is 11.3 Å². The topological polar surface area (TPSA) is 87.9 Å². The van der Waals surface area contributed by atoms with Crippen molar-refractivity contribution in [3.8, 4) is 22.8 Å². The number of carbonyl (C=O) groups excluding carboxylic acids is 1. The molecule has 0 fully saturated rings. The number of ether oxygens (including phenoxy) is 3. The van der Waals surface area contributed by atoms with E-state index in [0.29, 0.717) is 30.2 Å². The molecule has 2 aromatic heterocycles. The molecule has 0 saturated carbocycles. The Morgan fingerprint density at radius 1 is 1.03 bits per heavy atom. The molecule has 3 rings (SSSR count). The number of esters is 1. The van der Waals surface area contributed by atoms with Crippen LogP contribution in [0, 0.1) is 12.8 Å². The van der Waals surface area contributed by atoms with Gasteiger partial charge in [-0.25, -0.2) is 9.78 Å². The summed E-state index contributed by atoms with van der Waals surface area (Å²) in [6.07, 6.45) is 5.28. The number of hydrogen-bond donors (Lipinski definition) is 0. The van der Waals surface area contributed by atoms with Gasteiger partial charge in [-0.15, -0.1) is 0 Å². The number of pyridine rings is 1. The van der Waals surface area contributed by atoms with Gasteiger partial charge in [-0.1, -0.05) is 19.9 Å². The third-order valence-corrected chi connectivity index (χ3v) is 5.32. The predicted octanol–water partition coefficient (Wildman–Crippen LogP) is 5.31. The highest BCUT2D eigenvalue weighted by Gasteiger charge is 2.12. The first kappa shape index (κ1) is 24.3. The van der Waals surface area contributed by atoms with E-state index in [1.165, 1.54) is 0 Å². The van der Waals surface area contributed by atoms with Gasteiger partial charge in [0, 0.05) is 17.6 Å². The van der Waals surface area contributed by atoms with Crippen molar-refractivity contribution >= 4 is 16.9 Å². The van der Waals surface area contributed by atoms with Gasteiger partial charge in [0.15, 0.2) is 0 Å². The van der Waals surface area contributed by atoms with Gasteiger partial charge in [-0.05, 0) is 61.9 Å². The highest BCUT2D eigenvalue weighted by Crippen LogP contribution is 2.27. The molecule has 7 heteroatoms. The molecule has 0 N–H and O–H groups in total. The Morgan fingerprint density at radius 3 is 2.48 bits per heavy atom. The molecule has 0 saturated heterocycles. The van der Waals surface area contributed by atoms with Crippen LogP contribution in [0.5, 0.6) is 11.6 Å². The molecule has 0 aliphatic heterocycles. The van der Waals surface area contributed by atoms with E-state index in [1.807, 2.05) is 39.0 Å². The van der Waals surface area contributed by atoms with E-state index in [0.717, 1.165) is 47.9 Å². The summed E-state index contributed by atoms with van der Waals surface area (Å²) < 4.78 is 21.7. The molecule has 3 aromatic rings. The van der Waals surface area contributed by atoms with E-state index in [1.54, 1.807) is 25.4 Å². The SMILES string of the molecule is COc1ccc(-c2cc3cnc(OCCCCCCOC(=O)C(C)C)cc3oc2=O)c(C)c1. The summed E-state index contributed by atoms with van der Waals surface area (Å²) in [5, 5.41) is 0.725. The smallest absolute Gasteiger partial charge is 0.344 e. The van der Waals surface area contributed by atoms with Crippen molar-refractivity contribution in [1.29, 1.82) is 0 Å². The first-order valence-electron chi connectivity index (χ1n) is 11.3. The second-order valence-corrected chi connectivity index (χ2v) is 8.27. The third kappa shape index (κ3) is 6.57. The summed E-state index contributed by atoms with van der Waals surface area (Å²) in [6.45, 7) is 6.55. The van der Waals surface area contributed by atoms with Gasteiger partial charge in [0.05, 0.1) is 31.8 Å². The third-order valence-electron chi connectivity index (χ3n) is 5.32. The van der Waals surface area contributed by atoms with Crippen molar-refractivity contribution in [2.45, 2.75) is 46.5 Å². The van der Waals surface area contributed by atoms with Gasteiger partial charge in [0.2, 0.25) is 5.88 Å². The van der Waals surface area contributed by atoms with Gasteiger partial charge in [-0.2, -0.15) is 0 Å². The molecule has 0 bridgehead atoms. The fraction of sp³-hybridized carbons (Fsp3) is 0.423. The van der Waals surface area contributed by atoms with E-state index in [-0.39, 0.29) is 11.9 Å². The Kier molecular flexibility index (Phi) is 8.46. The lowest BCUT2D eigenvalue weighted by molar-refractivity contribution is -0.147. The summed E-state index contributed by atoms with van der Waals surface area (Å²) in [6, 6.07) is 8.99. The molecule has 0 unspecified atom stereocenters. The molecular weight excluding hydrogens is 422 g/mol. The number of rotatable bonds is 11. The van der Waals surface area contributed by atoms with Crippen molar-refractivity contribution in [3.05, 3.63) is 52.5 Å².